The molecule has 1 fully saturated rings. The molecule has 2 atom stereocenters. The lowest BCUT2D eigenvalue weighted by atomic mass is 10.1. The summed E-state index contributed by atoms with van der Waals surface area (Å²) in [7, 11) is 0. The Morgan fingerprint density at radius 3 is 1.67 bits per heavy atom. The summed E-state index contributed by atoms with van der Waals surface area (Å²) < 4.78 is 0. The van der Waals surface area contributed by atoms with E-state index >= 15 is 0 Å². The molecule has 0 amide bonds. The Morgan fingerprint density at radius 1 is 0.750 bits per heavy atom. The first-order valence-electron chi connectivity index (χ1n) is 8.73. The number of aromatic amines is 2. The molecule has 3 rings (SSSR count). The van der Waals surface area contributed by atoms with E-state index in [4.69, 9.17) is 0 Å². The number of nitrogens with zero attached hydrogens (tertiary/aromatic N) is 2. The van der Waals surface area contributed by atoms with Crippen LogP contribution in [-0.4, -0.2) is 71.3 Å². The maximum atomic E-state index is 4.10. The summed E-state index contributed by atoms with van der Waals surface area (Å²) >= 11 is 0. The van der Waals surface area contributed by atoms with E-state index < -0.39 is 0 Å². The fraction of sp³-hybridized carbons (Fsp3) is 0.625. The van der Waals surface area contributed by atoms with Gasteiger partial charge in [-0.1, -0.05) is 0 Å². The van der Waals surface area contributed by atoms with Crippen LogP contribution in [0.1, 0.15) is 11.4 Å². The Kier molecular flexibility index (Phi) is 6.79. The predicted molar refractivity (Wildman–Crippen MR) is 93.9 cm³/mol. The Balaban J connectivity index is 1.45. The normalized spacial score (nSPS) is 24.2. The molecule has 8 heteroatoms. The number of hydrogen-bond donors (Lipinski definition) is 6. The lowest BCUT2D eigenvalue weighted by Gasteiger charge is -2.23. The van der Waals surface area contributed by atoms with Gasteiger partial charge in [-0.05, 0) is 0 Å². The first-order chi connectivity index (χ1) is 11.9. The fourth-order valence-electron chi connectivity index (χ4n) is 3.04. The number of nitrogens with one attached hydrogen (secondary N) is 6. The zero-order valence-corrected chi connectivity index (χ0v) is 14.0. The van der Waals surface area contributed by atoms with Gasteiger partial charge in [-0.25, -0.2) is 9.97 Å². The van der Waals surface area contributed by atoms with Crippen molar-refractivity contribution in [2.75, 3.05) is 39.3 Å². The van der Waals surface area contributed by atoms with Gasteiger partial charge >= 0.3 is 0 Å². The first-order valence-corrected chi connectivity index (χ1v) is 8.73. The number of rotatable bonds is 4. The van der Waals surface area contributed by atoms with Gasteiger partial charge in [0.1, 0.15) is 0 Å². The highest BCUT2D eigenvalue weighted by atomic mass is 15.1. The molecule has 0 bridgehead atoms. The van der Waals surface area contributed by atoms with E-state index in [1.807, 2.05) is 12.4 Å². The molecule has 0 radical (unpaired) electrons. The van der Waals surface area contributed by atoms with E-state index in [9.17, 15) is 0 Å². The van der Waals surface area contributed by atoms with Crippen LogP contribution < -0.4 is 21.3 Å². The average molecular weight is 332 g/mol. The van der Waals surface area contributed by atoms with E-state index in [0.29, 0.717) is 12.1 Å². The standard InChI is InChI=1S/C16H28N8/c1-3-21-14(6-16-10-20-12-24-16)8-18-2-4-22-13(7-17-1)5-15-9-19-11-23-15/h9-14,17-18,21-22H,1-8H2,(H,19,23)(H,20,24)/t13-,14-/m0/s1. The SMILES string of the molecule is c1ncc(C[C@H]2CNCCN[C@@H](Cc3cnc[nH]3)CNCCN2)[nH]1. The van der Waals surface area contributed by atoms with E-state index in [-0.39, 0.29) is 0 Å². The molecule has 132 valence electrons. The maximum absolute atomic E-state index is 4.10. The molecule has 24 heavy (non-hydrogen) atoms. The van der Waals surface area contributed by atoms with Crippen molar-refractivity contribution in [3.8, 4) is 0 Å². The zero-order chi connectivity index (χ0) is 16.5. The molecule has 6 N–H and O–H groups in total. The molecule has 1 aliphatic rings. The number of H-pyrrole nitrogens is 2. The zero-order valence-electron chi connectivity index (χ0n) is 14.0. The van der Waals surface area contributed by atoms with E-state index in [0.717, 1.165) is 52.1 Å². The summed E-state index contributed by atoms with van der Waals surface area (Å²) in [5, 5.41) is 14.3. The van der Waals surface area contributed by atoms with Crippen molar-refractivity contribution in [1.82, 2.24) is 41.2 Å². The van der Waals surface area contributed by atoms with Crippen LogP contribution in [0.3, 0.4) is 0 Å². The molecular formula is C16H28N8. The van der Waals surface area contributed by atoms with Crippen LogP contribution in [0.2, 0.25) is 0 Å². The maximum Gasteiger partial charge on any atom is 0.0921 e. The molecule has 0 aliphatic carbocycles. The first kappa shape index (κ1) is 17.1. The number of hydrogen-bond acceptors (Lipinski definition) is 6. The Bertz CT molecular complexity index is 476. The second-order valence-electron chi connectivity index (χ2n) is 6.27. The average Bonchev–Trinajstić information content (AvgIpc) is 3.25. The summed E-state index contributed by atoms with van der Waals surface area (Å²) in [5.41, 5.74) is 2.35. The minimum absolute atomic E-state index is 0.410. The molecule has 0 aromatic carbocycles. The van der Waals surface area contributed by atoms with Crippen molar-refractivity contribution < 1.29 is 0 Å². The summed E-state index contributed by atoms with van der Waals surface area (Å²) in [5.74, 6) is 0. The van der Waals surface area contributed by atoms with E-state index in [1.54, 1.807) is 12.7 Å². The summed E-state index contributed by atoms with van der Waals surface area (Å²) in [4.78, 5) is 14.6. The molecule has 2 aromatic rings. The van der Waals surface area contributed by atoms with Crippen molar-refractivity contribution in [3.05, 3.63) is 36.4 Å². The van der Waals surface area contributed by atoms with Crippen molar-refractivity contribution in [3.63, 3.8) is 0 Å². The van der Waals surface area contributed by atoms with Gasteiger partial charge in [0.15, 0.2) is 0 Å². The summed E-state index contributed by atoms with van der Waals surface area (Å²) in [6.07, 6.45) is 9.20. The molecule has 0 unspecified atom stereocenters. The summed E-state index contributed by atoms with van der Waals surface area (Å²) in [6.45, 7) is 5.73. The van der Waals surface area contributed by atoms with Gasteiger partial charge < -0.3 is 31.2 Å². The Morgan fingerprint density at radius 2 is 1.25 bits per heavy atom. The van der Waals surface area contributed by atoms with Crippen LogP contribution >= 0.6 is 0 Å². The molecule has 2 aromatic heterocycles. The molecule has 1 saturated heterocycles. The minimum Gasteiger partial charge on any atom is -0.348 e. The van der Waals surface area contributed by atoms with Gasteiger partial charge in [0.05, 0.1) is 12.7 Å². The molecule has 0 saturated carbocycles. The predicted octanol–water partition coefficient (Wildman–Crippen LogP) is -0.973. The largest absolute Gasteiger partial charge is 0.348 e. The molecule has 0 spiro atoms. The van der Waals surface area contributed by atoms with Gasteiger partial charge in [0.2, 0.25) is 0 Å². The van der Waals surface area contributed by atoms with Crippen LogP contribution in [0.15, 0.2) is 25.0 Å². The van der Waals surface area contributed by atoms with Crippen LogP contribution in [0.25, 0.3) is 0 Å². The van der Waals surface area contributed by atoms with Crippen molar-refractivity contribution in [2.45, 2.75) is 24.9 Å². The van der Waals surface area contributed by atoms with Crippen LogP contribution in [0.5, 0.6) is 0 Å². The highest BCUT2D eigenvalue weighted by molar-refractivity contribution is 4.99. The molecule has 8 nitrogen and oxygen atoms in total. The Hall–Kier alpha value is -1.74. The highest BCUT2D eigenvalue weighted by Crippen LogP contribution is 1.99. The van der Waals surface area contributed by atoms with Crippen LogP contribution in [-0.2, 0) is 12.8 Å². The third kappa shape index (κ3) is 5.72. The smallest absolute Gasteiger partial charge is 0.0921 e. The van der Waals surface area contributed by atoms with Crippen molar-refractivity contribution in [2.24, 2.45) is 0 Å². The van der Waals surface area contributed by atoms with E-state index in [1.165, 1.54) is 11.4 Å². The highest BCUT2D eigenvalue weighted by Gasteiger charge is 2.13. The topological polar surface area (TPSA) is 105 Å². The number of imidazole rings is 2. The van der Waals surface area contributed by atoms with Gasteiger partial charge in [-0.2, -0.15) is 0 Å². The second kappa shape index (κ2) is 9.53. The monoisotopic (exact) mass is 332 g/mol. The quantitative estimate of drug-likeness (QED) is 0.430. The van der Waals surface area contributed by atoms with Gasteiger partial charge in [-0.15, -0.1) is 0 Å². The molecule has 3 heterocycles. The third-order valence-electron chi connectivity index (χ3n) is 4.29. The lowest BCUT2D eigenvalue weighted by Crippen LogP contribution is -2.49. The second-order valence-corrected chi connectivity index (χ2v) is 6.27. The number of aromatic nitrogens is 4. The molecular weight excluding hydrogens is 304 g/mol. The van der Waals surface area contributed by atoms with E-state index in [2.05, 4.69) is 41.2 Å². The van der Waals surface area contributed by atoms with Crippen LogP contribution in [0, 0.1) is 0 Å². The fourth-order valence-corrected chi connectivity index (χ4v) is 3.04. The van der Waals surface area contributed by atoms with Gasteiger partial charge in [0.25, 0.3) is 0 Å². The molecule has 1 aliphatic heterocycles. The third-order valence-corrected chi connectivity index (χ3v) is 4.29. The summed E-state index contributed by atoms with van der Waals surface area (Å²) in [6, 6.07) is 0.819. The Labute approximate surface area is 142 Å². The minimum atomic E-state index is 0.410. The van der Waals surface area contributed by atoms with Crippen LogP contribution in [0.4, 0.5) is 0 Å². The van der Waals surface area contributed by atoms with Gasteiger partial charge in [-0.3, -0.25) is 0 Å². The van der Waals surface area contributed by atoms with Gasteiger partial charge in [0, 0.05) is 88.0 Å². The van der Waals surface area contributed by atoms with Crippen molar-refractivity contribution >= 4 is 0 Å². The van der Waals surface area contributed by atoms with Crippen molar-refractivity contribution in [1.29, 1.82) is 0 Å². The lowest BCUT2D eigenvalue weighted by molar-refractivity contribution is 0.414.